The second kappa shape index (κ2) is 9.03. The molecule has 14 heteroatoms. The first-order chi connectivity index (χ1) is 14.9. The third kappa shape index (κ3) is 5.19. The average molecular weight is 478 g/mol. The number of halogens is 3. The van der Waals surface area contributed by atoms with E-state index in [1.165, 1.54) is 6.20 Å². The third-order valence-electron chi connectivity index (χ3n) is 5.33. The van der Waals surface area contributed by atoms with E-state index < -0.39 is 33.7 Å². The van der Waals surface area contributed by atoms with Gasteiger partial charge >= 0.3 is 18.1 Å². The van der Waals surface area contributed by atoms with E-state index in [9.17, 15) is 26.4 Å². The number of rotatable bonds is 4. The predicted octanol–water partition coefficient (Wildman–Crippen LogP) is 1.16. The molecule has 2 saturated heterocycles. The zero-order chi connectivity index (χ0) is 23.6. The number of carboxylic acid groups (broad SMARTS) is 1. The lowest BCUT2D eigenvalue weighted by Gasteiger charge is -2.29. The first kappa shape index (κ1) is 23.9. The molecule has 176 valence electrons. The van der Waals surface area contributed by atoms with E-state index in [2.05, 4.69) is 20.0 Å². The number of carbonyl (C=O) groups is 2. The largest absolute Gasteiger partial charge is 0.490 e. The van der Waals surface area contributed by atoms with E-state index in [1.54, 1.807) is 18.3 Å². The highest BCUT2D eigenvalue weighted by Crippen LogP contribution is 2.41. The Kier molecular flexibility index (Phi) is 6.76. The fourth-order valence-corrected chi connectivity index (χ4v) is 4.93. The van der Waals surface area contributed by atoms with E-state index in [1.807, 2.05) is 0 Å². The van der Waals surface area contributed by atoms with Crippen LogP contribution in [0.5, 0.6) is 0 Å². The Balaban J connectivity index is 0.000000360. The van der Waals surface area contributed by atoms with E-state index in [-0.39, 0.29) is 17.4 Å². The van der Waals surface area contributed by atoms with Gasteiger partial charge in [-0.1, -0.05) is 0 Å². The Hall–Kier alpha value is -2.71. The van der Waals surface area contributed by atoms with Crippen LogP contribution in [0.4, 0.5) is 13.2 Å². The SMILES string of the molecule is O=C(O)C(F)(F)F.O=C1OC(CNS(=O)(=O)c2c[nH]c3ncccc23)CC12CCNCC2. The van der Waals surface area contributed by atoms with Crippen molar-refractivity contribution in [1.82, 2.24) is 20.0 Å². The minimum Gasteiger partial charge on any atom is -0.475 e. The number of pyridine rings is 1. The highest BCUT2D eigenvalue weighted by Gasteiger charge is 2.49. The second-order valence-corrected chi connectivity index (χ2v) is 9.20. The first-order valence-corrected chi connectivity index (χ1v) is 11.1. The van der Waals surface area contributed by atoms with Gasteiger partial charge in [-0.15, -0.1) is 0 Å². The van der Waals surface area contributed by atoms with Crippen molar-refractivity contribution in [2.45, 2.75) is 36.4 Å². The van der Waals surface area contributed by atoms with Gasteiger partial charge in [0.2, 0.25) is 10.0 Å². The molecule has 10 nitrogen and oxygen atoms in total. The van der Waals surface area contributed by atoms with Gasteiger partial charge < -0.3 is 20.1 Å². The van der Waals surface area contributed by atoms with Crippen molar-refractivity contribution < 1.29 is 41.0 Å². The normalized spacial score (nSPS) is 20.6. The highest BCUT2D eigenvalue weighted by atomic mass is 32.2. The van der Waals surface area contributed by atoms with Crippen molar-refractivity contribution in [3.8, 4) is 0 Å². The smallest absolute Gasteiger partial charge is 0.475 e. The molecule has 0 bridgehead atoms. The van der Waals surface area contributed by atoms with Crippen LogP contribution in [0.2, 0.25) is 0 Å². The number of fused-ring (bicyclic) bond motifs is 1. The Morgan fingerprint density at radius 2 is 2.00 bits per heavy atom. The standard InChI is InChI=1S/C16H20N4O4S.C2HF3O2/c21-15-16(3-6-17-7-4-16)8-11(24-15)9-20-25(22,23)13-10-19-14-12(13)2-1-5-18-14;3-2(4,5)1(6)7/h1-2,5,10-11,17,20H,3-4,6-9H2,(H,18,19);(H,6,7). The number of H-pyrrole nitrogens is 1. The zero-order valence-corrected chi connectivity index (χ0v) is 17.4. The number of ether oxygens (including phenoxy) is 1. The van der Waals surface area contributed by atoms with Crippen molar-refractivity contribution in [3.05, 3.63) is 24.5 Å². The van der Waals surface area contributed by atoms with E-state index >= 15 is 0 Å². The number of carbonyl (C=O) groups excluding carboxylic acids is 1. The van der Waals surface area contributed by atoms with Gasteiger partial charge in [0.15, 0.2) is 0 Å². The molecule has 0 amide bonds. The summed E-state index contributed by atoms with van der Waals surface area (Å²) in [6, 6.07) is 3.39. The Bertz CT molecular complexity index is 1100. The number of piperidine rings is 1. The fourth-order valence-electron chi connectivity index (χ4n) is 3.70. The maximum absolute atomic E-state index is 12.6. The zero-order valence-electron chi connectivity index (χ0n) is 16.6. The molecule has 0 saturated carbocycles. The van der Waals surface area contributed by atoms with Crippen LogP contribution in [-0.4, -0.2) is 67.3 Å². The number of aliphatic carboxylic acids is 1. The minimum atomic E-state index is -5.08. The number of aromatic nitrogens is 2. The van der Waals surface area contributed by atoms with E-state index in [0.717, 1.165) is 25.9 Å². The lowest BCUT2D eigenvalue weighted by molar-refractivity contribution is -0.192. The molecule has 1 unspecified atom stereocenters. The number of esters is 1. The summed E-state index contributed by atoms with van der Waals surface area (Å²) < 4.78 is 65.0. The summed E-state index contributed by atoms with van der Waals surface area (Å²) in [6.45, 7) is 1.65. The summed E-state index contributed by atoms with van der Waals surface area (Å²) in [4.78, 5) is 28.2. The van der Waals surface area contributed by atoms with Gasteiger partial charge in [0.1, 0.15) is 16.6 Å². The highest BCUT2D eigenvalue weighted by molar-refractivity contribution is 7.89. The number of sulfonamides is 1. The summed E-state index contributed by atoms with van der Waals surface area (Å²) in [6.07, 6.45) is -0.449. The molecule has 32 heavy (non-hydrogen) atoms. The van der Waals surface area contributed by atoms with Gasteiger partial charge in [-0.05, 0) is 38.1 Å². The first-order valence-electron chi connectivity index (χ1n) is 9.58. The fraction of sp³-hybridized carbons (Fsp3) is 0.500. The van der Waals surface area contributed by atoms with Gasteiger partial charge in [0, 0.05) is 30.7 Å². The molecule has 1 spiro atoms. The van der Waals surface area contributed by atoms with Crippen LogP contribution in [0.25, 0.3) is 11.0 Å². The molecule has 4 N–H and O–H groups in total. The number of cyclic esters (lactones) is 1. The van der Waals surface area contributed by atoms with Crippen molar-refractivity contribution >= 4 is 33.0 Å². The van der Waals surface area contributed by atoms with Crippen molar-refractivity contribution in [2.24, 2.45) is 5.41 Å². The summed E-state index contributed by atoms with van der Waals surface area (Å²) in [5.74, 6) is -2.96. The summed E-state index contributed by atoms with van der Waals surface area (Å²) >= 11 is 0. The molecule has 4 rings (SSSR count). The second-order valence-electron chi connectivity index (χ2n) is 7.47. The molecule has 0 radical (unpaired) electrons. The summed E-state index contributed by atoms with van der Waals surface area (Å²) in [5.41, 5.74) is 0.0651. The number of hydrogen-bond donors (Lipinski definition) is 4. The molecule has 0 aliphatic carbocycles. The molecule has 0 aromatic carbocycles. The minimum absolute atomic E-state index is 0.0796. The number of nitrogens with one attached hydrogen (secondary N) is 3. The quantitative estimate of drug-likeness (QED) is 0.478. The van der Waals surface area contributed by atoms with E-state index in [4.69, 9.17) is 14.6 Å². The van der Waals surface area contributed by atoms with Crippen LogP contribution in [-0.2, 0) is 24.3 Å². The number of carboxylic acids is 1. The number of alkyl halides is 3. The van der Waals surface area contributed by atoms with Gasteiger partial charge in [-0.25, -0.2) is 22.9 Å². The summed E-state index contributed by atoms with van der Waals surface area (Å²) in [5, 5.41) is 10.9. The molecular formula is C18H21F3N4O6S. The topological polar surface area (TPSA) is 150 Å². The number of hydrogen-bond acceptors (Lipinski definition) is 7. The monoisotopic (exact) mass is 478 g/mol. The van der Waals surface area contributed by atoms with Gasteiger partial charge in [0.25, 0.3) is 0 Å². The number of aromatic amines is 1. The van der Waals surface area contributed by atoms with Gasteiger partial charge in [-0.3, -0.25) is 4.79 Å². The van der Waals surface area contributed by atoms with Crippen molar-refractivity contribution in [1.29, 1.82) is 0 Å². The molecule has 1 atom stereocenters. The Morgan fingerprint density at radius 3 is 2.62 bits per heavy atom. The van der Waals surface area contributed by atoms with Crippen LogP contribution in [0.3, 0.4) is 0 Å². The van der Waals surface area contributed by atoms with Crippen LogP contribution in [0, 0.1) is 5.41 Å². The Morgan fingerprint density at radius 1 is 1.34 bits per heavy atom. The van der Waals surface area contributed by atoms with Crippen molar-refractivity contribution in [2.75, 3.05) is 19.6 Å². The maximum Gasteiger partial charge on any atom is 0.490 e. The van der Waals surface area contributed by atoms with Crippen molar-refractivity contribution in [3.63, 3.8) is 0 Å². The average Bonchev–Trinajstić information content (AvgIpc) is 3.29. The van der Waals surface area contributed by atoms with E-state index in [0.29, 0.717) is 17.5 Å². The van der Waals surface area contributed by atoms with Crippen LogP contribution in [0.1, 0.15) is 19.3 Å². The molecule has 4 heterocycles. The predicted molar refractivity (Wildman–Crippen MR) is 104 cm³/mol. The molecule has 2 aliphatic rings. The van der Waals surface area contributed by atoms with Gasteiger partial charge in [-0.2, -0.15) is 13.2 Å². The maximum atomic E-state index is 12.6. The van der Waals surface area contributed by atoms with Crippen LogP contribution < -0.4 is 10.0 Å². The third-order valence-corrected chi connectivity index (χ3v) is 6.80. The molecular weight excluding hydrogens is 457 g/mol. The molecule has 2 aromatic rings. The summed E-state index contributed by atoms with van der Waals surface area (Å²) in [7, 11) is -3.72. The number of nitrogens with zero attached hydrogens (tertiary/aromatic N) is 1. The lowest BCUT2D eigenvalue weighted by atomic mass is 9.76. The molecule has 2 aliphatic heterocycles. The van der Waals surface area contributed by atoms with Crippen LogP contribution >= 0.6 is 0 Å². The van der Waals surface area contributed by atoms with Crippen LogP contribution in [0.15, 0.2) is 29.4 Å². The Labute approximate surface area is 180 Å². The molecule has 2 aromatic heterocycles. The molecule has 2 fully saturated rings. The van der Waals surface area contributed by atoms with Gasteiger partial charge in [0.05, 0.1) is 5.41 Å². The lowest BCUT2D eigenvalue weighted by Crippen LogP contribution is -2.39.